The molecule has 1 amide bonds. The maximum absolute atomic E-state index is 13.2. The first-order valence-corrected chi connectivity index (χ1v) is 9.61. The molecule has 6 nitrogen and oxygen atoms in total. The fourth-order valence-electron chi connectivity index (χ4n) is 3.19. The molecular weight excluding hydrogens is 402 g/mol. The van der Waals surface area contributed by atoms with E-state index in [1.807, 2.05) is 18.2 Å². The number of fused-ring (bicyclic) bond motifs is 1. The van der Waals surface area contributed by atoms with Crippen molar-refractivity contribution in [3.05, 3.63) is 99.4 Å². The topological polar surface area (TPSA) is 73.2 Å². The highest BCUT2D eigenvalue weighted by Crippen LogP contribution is 2.19. The quantitative estimate of drug-likeness (QED) is 0.521. The number of ether oxygens (including phenoxy) is 1. The Hall–Kier alpha value is -3.64. The number of carbonyl (C=O) groups is 1. The van der Waals surface area contributed by atoms with Gasteiger partial charge in [-0.05, 0) is 48.0 Å². The molecule has 1 N–H and O–H groups in total. The molecule has 0 aliphatic rings. The van der Waals surface area contributed by atoms with Gasteiger partial charge in [-0.25, -0.2) is 4.98 Å². The van der Waals surface area contributed by atoms with Gasteiger partial charge in [0.1, 0.15) is 17.0 Å². The number of pyridine rings is 2. The molecule has 150 valence electrons. The molecule has 0 atom stereocenters. The highest BCUT2D eigenvalue weighted by atomic mass is 35.5. The van der Waals surface area contributed by atoms with Crippen LogP contribution in [0.3, 0.4) is 0 Å². The third-order valence-electron chi connectivity index (χ3n) is 4.67. The molecule has 0 saturated heterocycles. The minimum absolute atomic E-state index is 0.0345. The summed E-state index contributed by atoms with van der Waals surface area (Å²) in [4.78, 5) is 30.5. The van der Waals surface area contributed by atoms with E-state index < -0.39 is 11.5 Å². The van der Waals surface area contributed by atoms with Crippen LogP contribution in [0.4, 0.5) is 5.69 Å². The van der Waals surface area contributed by atoms with Gasteiger partial charge in [-0.1, -0.05) is 29.8 Å². The summed E-state index contributed by atoms with van der Waals surface area (Å²) in [5, 5.41) is 4.07. The second kappa shape index (κ2) is 8.39. The molecular formula is C23H18ClN3O3. The zero-order chi connectivity index (χ0) is 21.1. The number of halogens is 1. The predicted octanol–water partition coefficient (Wildman–Crippen LogP) is 4.36. The standard InChI is InChI=1S/C23H18ClN3O3/c1-30-19-6-2-5-18(13-19)26-22(28)20-12-16-4-3-11-25-21(16)27(23(20)29)14-15-7-9-17(24)10-8-15/h2-13H,14H2,1H3,(H,26,28). The van der Waals surface area contributed by atoms with E-state index in [2.05, 4.69) is 10.3 Å². The molecule has 2 heterocycles. The lowest BCUT2D eigenvalue weighted by atomic mass is 10.1. The number of rotatable bonds is 5. The molecule has 0 saturated carbocycles. The van der Waals surface area contributed by atoms with Crippen LogP contribution in [0, 0.1) is 0 Å². The molecule has 2 aromatic carbocycles. The summed E-state index contributed by atoms with van der Waals surface area (Å²) in [5.74, 6) is 0.111. The van der Waals surface area contributed by atoms with E-state index in [0.29, 0.717) is 27.5 Å². The number of carbonyl (C=O) groups excluding carboxylic acids is 1. The Balaban J connectivity index is 1.76. The summed E-state index contributed by atoms with van der Waals surface area (Å²) in [6.45, 7) is 0.268. The van der Waals surface area contributed by atoms with Crippen LogP contribution in [-0.4, -0.2) is 22.6 Å². The molecule has 4 rings (SSSR count). The lowest BCUT2D eigenvalue weighted by Crippen LogP contribution is -2.30. The Morgan fingerprint density at radius 2 is 1.90 bits per heavy atom. The molecule has 0 unspecified atom stereocenters. The van der Waals surface area contributed by atoms with E-state index in [9.17, 15) is 9.59 Å². The van der Waals surface area contributed by atoms with Crippen LogP contribution in [0.15, 0.2) is 77.7 Å². The van der Waals surface area contributed by atoms with Gasteiger partial charge < -0.3 is 10.1 Å². The van der Waals surface area contributed by atoms with Crippen molar-refractivity contribution >= 4 is 34.2 Å². The molecule has 0 aliphatic carbocycles. The van der Waals surface area contributed by atoms with E-state index >= 15 is 0 Å². The molecule has 0 fully saturated rings. The van der Waals surface area contributed by atoms with Crippen molar-refractivity contribution in [2.45, 2.75) is 6.54 Å². The number of nitrogens with zero attached hydrogens (tertiary/aromatic N) is 2. The normalized spacial score (nSPS) is 10.7. The van der Waals surface area contributed by atoms with Crippen molar-refractivity contribution in [3.63, 3.8) is 0 Å². The maximum Gasteiger partial charge on any atom is 0.265 e. The van der Waals surface area contributed by atoms with Gasteiger partial charge >= 0.3 is 0 Å². The lowest BCUT2D eigenvalue weighted by Gasteiger charge is -2.13. The van der Waals surface area contributed by atoms with Crippen LogP contribution in [-0.2, 0) is 6.54 Å². The number of aromatic nitrogens is 2. The Morgan fingerprint density at radius 3 is 2.67 bits per heavy atom. The maximum atomic E-state index is 13.2. The van der Waals surface area contributed by atoms with E-state index in [1.165, 1.54) is 4.57 Å². The van der Waals surface area contributed by atoms with Crippen LogP contribution in [0.5, 0.6) is 5.75 Å². The number of nitrogens with one attached hydrogen (secondary N) is 1. The fourth-order valence-corrected chi connectivity index (χ4v) is 3.31. The Labute approximate surface area is 177 Å². The van der Waals surface area contributed by atoms with Gasteiger partial charge in [-0.3, -0.25) is 14.2 Å². The molecule has 2 aromatic heterocycles. The highest BCUT2D eigenvalue weighted by molar-refractivity contribution is 6.30. The van der Waals surface area contributed by atoms with E-state index in [1.54, 1.807) is 61.8 Å². The Bertz CT molecular complexity index is 1280. The minimum atomic E-state index is -0.496. The van der Waals surface area contributed by atoms with Crippen LogP contribution >= 0.6 is 11.6 Å². The molecule has 4 aromatic rings. The average molecular weight is 420 g/mol. The molecule has 7 heteroatoms. The second-order valence-electron chi connectivity index (χ2n) is 6.68. The monoisotopic (exact) mass is 419 g/mol. The Kier molecular flexibility index (Phi) is 5.50. The van der Waals surface area contributed by atoms with Crippen LogP contribution in [0.1, 0.15) is 15.9 Å². The first kappa shape index (κ1) is 19.7. The zero-order valence-corrected chi connectivity index (χ0v) is 16.9. The van der Waals surface area contributed by atoms with Crippen molar-refractivity contribution in [2.75, 3.05) is 12.4 Å². The lowest BCUT2D eigenvalue weighted by molar-refractivity contribution is 0.102. The van der Waals surface area contributed by atoms with Crippen LogP contribution in [0.25, 0.3) is 11.0 Å². The Morgan fingerprint density at radius 1 is 1.10 bits per heavy atom. The van der Waals surface area contributed by atoms with Crippen molar-refractivity contribution in [2.24, 2.45) is 0 Å². The smallest absolute Gasteiger partial charge is 0.265 e. The van der Waals surface area contributed by atoms with Gasteiger partial charge in [0, 0.05) is 28.4 Å². The number of amides is 1. The predicted molar refractivity (Wildman–Crippen MR) is 118 cm³/mol. The van der Waals surface area contributed by atoms with Gasteiger partial charge in [0.25, 0.3) is 11.5 Å². The summed E-state index contributed by atoms with van der Waals surface area (Å²) in [6, 6.07) is 19.3. The minimum Gasteiger partial charge on any atom is -0.497 e. The number of anilines is 1. The molecule has 30 heavy (non-hydrogen) atoms. The summed E-state index contributed by atoms with van der Waals surface area (Å²) in [5.41, 5.74) is 1.53. The first-order valence-electron chi connectivity index (χ1n) is 9.23. The van der Waals surface area contributed by atoms with Gasteiger partial charge in [0.05, 0.1) is 13.7 Å². The summed E-state index contributed by atoms with van der Waals surface area (Å²) < 4.78 is 6.68. The average Bonchev–Trinajstić information content (AvgIpc) is 2.77. The molecule has 0 bridgehead atoms. The highest BCUT2D eigenvalue weighted by Gasteiger charge is 2.17. The largest absolute Gasteiger partial charge is 0.497 e. The van der Waals surface area contributed by atoms with Crippen molar-refractivity contribution < 1.29 is 9.53 Å². The van der Waals surface area contributed by atoms with Crippen LogP contribution in [0.2, 0.25) is 5.02 Å². The summed E-state index contributed by atoms with van der Waals surface area (Å²) in [7, 11) is 1.55. The summed E-state index contributed by atoms with van der Waals surface area (Å²) in [6.07, 6.45) is 1.62. The number of hydrogen-bond donors (Lipinski definition) is 1. The third kappa shape index (κ3) is 4.04. The van der Waals surface area contributed by atoms with Gasteiger partial charge in [0.2, 0.25) is 0 Å². The van der Waals surface area contributed by atoms with Gasteiger partial charge in [0.15, 0.2) is 0 Å². The van der Waals surface area contributed by atoms with Crippen molar-refractivity contribution in [1.82, 2.24) is 9.55 Å². The van der Waals surface area contributed by atoms with E-state index in [0.717, 1.165) is 5.56 Å². The summed E-state index contributed by atoms with van der Waals surface area (Å²) >= 11 is 5.96. The zero-order valence-electron chi connectivity index (χ0n) is 16.1. The van der Waals surface area contributed by atoms with Crippen LogP contribution < -0.4 is 15.6 Å². The molecule has 0 aliphatic heterocycles. The van der Waals surface area contributed by atoms with E-state index in [-0.39, 0.29) is 12.1 Å². The number of methoxy groups -OCH3 is 1. The van der Waals surface area contributed by atoms with Gasteiger partial charge in [-0.15, -0.1) is 0 Å². The second-order valence-corrected chi connectivity index (χ2v) is 7.11. The molecule has 0 spiro atoms. The number of hydrogen-bond acceptors (Lipinski definition) is 4. The SMILES string of the molecule is COc1cccc(NC(=O)c2cc3cccnc3n(Cc3ccc(Cl)cc3)c2=O)c1. The number of benzene rings is 2. The molecule has 0 radical (unpaired) electrons. The van der Waals surface area contributed by atoms with Crippen molar-refractivity contribution in [1.29, 1.82) is 0 Å². The van der Waals surface area contributed by atoms with E-state index in [4.69, 9.17) is 16.3 Å². The van der Waals surface area contributed by atoms with Crippen molar-refractivity contribution in [3.8, 4) is 5.75 Å². The third-order valence-corrected chi connectivity index (χ3v) is 4.93. The first-order chi connectivity index (χ1) is 14.5. The fraction of sp³-hybridized carbons (Fsp3) is 0.0870. The van der Waals surface area contributed by atoms with Gasteiger partial charge in [-0.2, -0.15) is 0 Å².